The van der Waals surface area contributed by atoms with Crippen molar-refractivity contribution < 1.29 is 0 Å². The van der Waals surface area contributed by atoms with E-state index in [1.165, 1.54) is 0 Å². The topological polar surface area (TPSA) is 37.8 Å². The van der Waals surface area contributed by atoms with Crippen LogP contribution in [0.15, 0.2) is 23.0 Å². The molecule has 0 saturated carbocycles. The van der Waals surface area contributed by atoms with Crippen LogP contribution in [-0.2, 0) is 7.05 Å². The number of rotatable bonds is 0. The van der Waals surface area contributed by atoms with Crippen molar-refractivity contribution in [3.63, 3.8) is 0 Å². The summed E-state index contributed by atoms with van der Waals surface area (Å²) in [5, 5.41) is 0. The normalized spacial score (nSPS) is 8.88. The Morgan fingerprint density at radius 2 is 1.69 bits per heavy atom. The van der Waals surface area contributed by atoms with Gasteiger partial charge < -0.3 is 4.98 Å². The lowest BCUT2D eigenvalue weighted by Gasteiger charge is -1.96. The minimum Gasteiger partial charge on any atom is -0.306 e. The molecule has 0 atom stereocenters. The van der Waals surface area contributed by atoms with Gasteiger partial charge in [0.05, 0.1) is 11.0 Å². The van der Waals surface area contributed by atoms with E-state index < -0.39 is 0 Å². The van der Waals surface area contributed by atoms with E-state index in [1.807, 2.05) is 52.8 Å². The highest BCUT2D eigenvalue weighted by atomic mass is 16.1. The van der Waals surface area contributed by atoms with E-state index in [1.54, 1.807) is 11.6 Å². The number of imidazole rings is 1. The van der Waals surface area contributed by atoms with Gasteiger partial charge in [-0.25, -0.2) is 4.79 Å². The Hall–Kier alpha value is -1.51. The summed E-state index contributed by atoms with van der Waals surface area (Å²) < 4.78 is 1.63. The standard InChI is InChI=1S/C9H10N2O.2C2H6/c1-6-4-3-5-7-8(6)11(2)9(12)10-7;2*1-2/h3-5H,1-2H3,(H,10,12);2*1-2H3. The zero-order valence-corrected chi connectivity index (χ0v) is 11.1. The van der Waals surface area contributed by atoms with Gasteiger partial charge in [0.15, 0.2) is 0 Å². The third-order valence-electron chi connectivity index (χ3n) is 2.12. The van der Waals surface area contributed by atoms with E-state index in [4.69, 9.17) is 0 Å². The van der Waals surface area contributed by atoms with Gasteiger partial charge in [0.2, 0.25) is 0 Å². The first-order valence-electron chi connectivity index (χ1n) is 5.84. The highest BCUT2D eigenvalue weighted by Gasteiger charge is 2.03. The van der Waals surface area contributed by atoms with Gasteiger partial charge in [0.1, 0.15) is 0 Å². The first kappa shape index (κ1) is 14.5. The molecule has 0 saturated heterocycles. The van der Waals surface area contributed by atoms with Crippen molar-refractivity contribution in [1.82, 2.24) is 9.55 Å². The first-order valence-corrected chi connectivity index (χ1v) is 5.84. The fraction of sp³-hybridized carbons (Fsp3) is 0.462. The maximum Gasteiger partial charge on any atom is 0.326 e. The minimum absolute atomic E-state index is 0.0562. The van der Waals surface area contributed by atoms with Crippen LogP contribution in [0.5, 0.6) is 0 Å². The van der Waals surface area contributed by atoms with Crippen molar-refractivity contribution >= 4 is 11.0 Å². The van der Waals surface area contributed by atoms with Crippen LogP contribution in [-0.4, -0.2) is 9.55 Å². The van der Waals surface area contributed by atoms with Crippen LogP contribution >= 0.6 is 0 Å². The molecule has 1 aromatic carbocycles. The zero-order chi connectivity index (χ0) is 12.7. The van der Waals surface area contributed by atoms with Crippen molar-refractivity contribution in [2.75, 3.05) is 0 Å². The molecule has 90 valence electrons. The van der Waals surface area contributed by atoms with E-state index in [2.05, 4.69) is 4.98 Å². The van der Waals surface area contributed by atoms with Crippen molar-refractivity contribution in [1.29, 1.82) is 0 Å². The van der Waals surface area contributed by atoms with E-state index in [0.717, 1.165) is 16.6 Å². The molecule has 16 heavy (non-hydrogen) atoms. The van der Waals surface area contributed by atoms with Crippen LogP contribution in [0.25, 0.3) is 11.0 Å². The smallest absolute Gasteiger partial charge is 0.306 e. The summed E-state index contributed by atoms with van der Waals surface area (Å²) >= 11 is 0. The summed E-state index contributed by atoms with van der Waals surface area (Å²) in [6.45, 7) is 10.00. The number of fused-ring (bicyclic) bond motifs is 1. The molecule has 0 bridgehead atoms. The Kier molecular flexibility index (Phi) is 6.23. The van der Waals surface area contributed by atoms with Gasteiger partial charge in [-0.1, -0.05) is 39.8 Å². The number of benzene rings is 1. The summed E-state index contributed by atoms with van der Waals surface area (Å²) in [5.41, 5.74) is 2.96. The Morgan fingerprint density at radius 3 is 2.19 bits per heavy atom. The number of H-pyrrole nitrogens is 1. The third kappa shape index (κ3) is 2.75. The van der Waals surface area contributed by atoms with E-state index in [-0.39, 0.29) is 5.69 Å². The molecular weight excluding hydrogens is 200 g/mol. The molecule has 2 rings (SSSR count). The van der Waals surface area contributed by atoms with Crippen molar-refractivity contribution in [3.8, 4) is 0 Å². The van der Waals surface area contributed by atoms with Gasteiger partial charge in [-0.15, -0.1) is 0 Å². The number of aromatic nitrogens is 2. The highest BCUT2D eigenvalue weighted by molar-refractivity contribution is 5.78. The Balaban J connectivity index is 0.000000509. The summed E-state index contributed by atoms with van der Waals surface area (Å²) in [5.74, 6) is 0. The Labute approximate surface area is 97.1 Å². The lowest BCUT2D eigenvalue weighted by atomic mass is 10.2. The van der Waals surface area contributed by atoms with Crippen molar-refractivity contribution in [2.45, 2.75) is 34.6 Å². The molecule has 3 nitrogen and oxygen atoms in total. The van der Waals surface area contributed by atoms with Gasteiger partial charge >= 0.3 is 5.69 Å². The molecule has 1 N–H and O–H groups in total. The fourth-order valence-electron chi connectivity index (χ4n) is 1.51. The first-order chi connectivity index (χ1) is 7.70. The maximum absolute atomic E-state index is 11.2. The summed E-state index contributed by atoms with van der Waals surface area (Å²) in [6.07, 6.45) is 0. The molecule has 0 radical (unpaired) electrons. The number of nitrogens with one attached hydrogen (secondary N) is 1. The zero-order valence-electron chi connectivity index (χ0n) is 11.1. The van der Waals surface area contributed by atoms with Gasteiger partial charge in [0.25, 0.3) is 0 Å². The summed E-state index contributed by atoms with van der Waals surface area (Å²) in [6, 6.07) is 5.84. The van der Waals surface area contributed by atoms with Gasteiger partial charge in [0, 0.05) is 7.05 Å². The predicted octanol–water partition coefficient (Wildman–Crippen LogP) is 3.23. The fourth-order valence-corrected chi connectivity index (χ4v) is 1.51. The van der Waals surface area contributed by atoms with Crippen LogP contribution < -0.4 is 5.69 Å². The van der Waals surface area contributed by atoms with Gasteiger partial charge in [-0.3, -0.25) is 4.57 Å². The number of nitrogens with zero attached hydrogens (tertiary/aromatic N) is 1. The lowest BCUT2D eigenvalue weighted by Crippen LogP contribution is -2.12. The molecule has 3 heteroatoms. The molecule has 0 aliphatic heterocycles. The average Bonchev–Trinajstić information content (AvgIpc) is 2.62. The molecular formula is C13H22N2O. The molecule has 0 aliphatic carbocycles. The second kappa shape index (κ2) is 6.88. The largest absolute Gasteiger partial charge is 0.326 e. The number of aryl methyl sites for hydroxylation is 2. The van der Waals surface area contributed by atoms with Gasteiger partial charge in [-0.05, 0) is 18.6 Å². The second-order valence-corrected chi connectivity index (χ2v) is 2.96. The third-order valence-corrected chi connectivity index (χ3v) is 2.12. The molecule has 0 unspecified atom stereocenters. The van der Waals surface area contributed by atoms with Crippen LogP contribution in [0.1, 0.15) is 33.3 Å². The van der Waals surface area contributed by atoms with Crippen LogP contribution in [0.4, 0.5) is 0 Å². The predicted molar refractivity (Wildman–Crippen MR) is 71.0 cm³/mol. The molecule has 2 aromatic rings. The molecule has 0 spiro atoms. The maximum atomic E-state index is 11.2. The minimum atomic E-state index is -0.0562. The van der Waals surface area contributed by atoms with E-state index in [9.17, 15) is 4.79 Å². The van der Waals surface area contributed by atoms with Crippen LogP contribution in [0, 0.1) is 6.92 Å². The van der Waals surface area contributed by atoms with Crippen molar-refractivity contribution in [3.05, 3.63) is 34.2 Å². The molecule has 1 heterocycles. The van der Waals surface area contributed by atoms with E-state index in [0.29, 0.717) is 0 Å². The molecule has 0 aliphatic rings. The highest BCUT2D eigenvalue weighted by Crippen LogP contribution is 2.12. The number of aromatic amines is 1. The Morgan fingerprint density at radius 1 is 1.12 bits per heavy atom. The monoisotopic (exact) mass is 222 g/mol. The SMILES string of the molecule is CC.CC.Cc1cccc2[nH]c(=O)n(C)c12. The van der Waals surface area contributed by atoms with Crippen LogP contribution in [0.3, 0.4) is 0 Å². The number of hydrogen-bond acceptors (Lipinski definition) is 1. The molecule has 0 fully saturated rings. The summed E-state index contributed by atoms with van der Waals surface area (Å²) in [7, 11) is 1.77. The van der Waals surface area contributed by atoms with E-state index >= 15 is 0 Å². The Bertz CT molecular complexity index is 480. The average molecular weight is 222 g/mol. The quantitative estimate of drug-likeness (QED) is 0.730. The molecule has 0 amide bonds. The van der Waals surface area contributed by atoms with Crippen LogP contribution in [0.2, 0.25) is 0 Å². The molecule has 1 aromatic heterocycles. The van der Waals surface area contributed by atoms with Crippen molar-refractivity contribution in [2.24, 2.45) is 7.05 Å². The number of hydrogen-bond donors (Lipinski definition) is 1. The summed E-state index contributed by atoms with van der Waals surface area (Å²) in [4.78, 5) is 14.0. The number of para-hydroxylation sites is 1. The lowest BCUT2D eigenvalue weighted by molar-refractivity contribution is 0.889. The van der Waals surface area contributed by atoms with Gasteiger partial charge in [-0.2, -0.15) is 0 Å². The second-order valence-electron chi connectivity index (χ2n) is 2.96.